The van der Waals surface area contributed by atoms with E-state index < -0.39 is 18.3 Å². The van der Waals surface area contributed by atoms with Gasteiger partial charge in [0.1, 0.15) is 0 Å². The van der Waals surface area contributed by atoms with Crippen LogP contribution in [0.25, 0.3) is 50.5 Å². The number of fused-ring (bicyclic) bond motifs is 3. The third kappa shape index (κ3) is 4.01. The van der Waals surface area contributed by atoms with E-state index in [2.05, 4.69) is 74.7 Å². The summed E-state index contributed by atoms with van der Waals surface area (Å²) in [6.45, 7) is 8.25. The molecule has 0 N–H and O–H groups in total. The van der Waals surface area contributed by atoms with Crippen LogP contribution in [0.4, 0.5) is 0 Å². The second kappa shape index (κ2) is 9.12. The molecule has 6 nitrogen and oxygen atoms in total. The summed E-state index contributed by atoms with van der Waals surface area (Å²) in [6, 6.07) is 34.9. The van der Waals surface area contributed by atoms with Crippen LogP contribution in [-0.2, 0) is 9.31 Å². The van der Waals surface area contributed by atoms with Crippen molar-refractivity contribution in [2.45, 2.75) is 38.9 Å². The molecule has 0 bridgehead atoms. The highest BCUT2D eigenvalue weighted by Crippen LogP contribution is 2.37. The molecule has 7 heteroatoms. The van der Waals surface area contributed by atoms with Gasteiger partial charge in [-0.15, -0.1) is 0 Å². The van der Waals surface area contributed by atoms with Gasteiger partial charge < -0.3 is 9.31 Å². The van der Waals surface area contributed by atoms with Gasteiger partial charge in [-0.25, -0.2) is 4.98 Å². The maximum Gasteiger partial charge on any atom is 0.494 e. The molecular formula is C33H29BN4O2. The minimum atomic E-state index is -0.475. The highest BCUT2D eigenvalue weighted by molar-refractivity contribution is 6.62. The molecule has 1 fully saturated rings. The van der Waals surface area contributed by atoms with Crippen molar-refractivity contribution in [1.29, 1.82) is 0 Å². The summed E-state index contributed by atoms with van der Waals surface area (Å²) in [4.78, 5) is 15.0. The van der Waals surface area contributed by atoms with Gasteiger partial charge in [-0.2, -0.15) is 9.97 Å². The molecule has 0 amide bonds. The first-order valence-electron chi connectivity index (χ1n) is 13.6. The second-order valence-corrected chi connectivity index (χ2v) is 11.2. The first kappa shape index (κ1) is 24.7. The van der Waals surface area contributed by atoms with Crippen molar-refractivity contribution in [3.05, 3.63) is 103 Å². The van der Waals surface area contributed by atoms with Gasteiger partial charge in [0.15, 0.2) is 11.6 Å². The van der Waals surface area contributed by atoms with Gasteiger partial charge in [0.2, 0.25) is 5.95 Å². The van der Waals surface area contributed by atoms with Crippen molar-refractivity contribution >= 4 is 34.4 Å². The smallest absolute Gasteiger partial charge is 0.399 e. The topological polar surface area (TPSA) is 62.1 Å². The first-order valence-corrected chi connectivity index (χ1v) is 13.6. The summed E-state index contributed by atoms with van der Waals surface area (Å²) in [5.41, 5.74) is 3.97. The summed E-state index contributed by atoms with van der Waals surface area (Å²) >= 11 is 0. The third-order valence-corrected chi connectivity index (χ3v) is 8.11. The minimum Gasteiger partial charge on any atom is -0.399 e. The molecule has 0 aliphatic carbocycles. The van der Waals surface area contributed by atoms with Crippen molar-refractivity contribution in [1.82, 2.24) is 19.5 Å². The molecule has 0 spiro atoms. The number of rotatable bonds is 4. The van der Waals surface area contributed by atoms with Gasteiger partial charge in [-0.3, -0.25) is 4.57 Å². The van der Waals surface area contributed by atoms with Crippen LogP contribution in [0.15, 0.2) is 103 Å². The fourth-order valence-corrected chi connectivity index (χ4v) is 5.25. The molecule has 0 unspecified atom stereocenters. The second-order valence-electron chi connectivity index (χ2n) is 11.2. The van der Waals surface area contributed by atoms with Gasteiger partial charge in [-0.1, -0.05) is 91.0 Å². The Hall–Kier alpha value is -4.33. The zero-order chi connectivity index (χ0) is 27.5. The number of nitrogens with zero attached hydrogens (tertiary/aromatic N) is 4. The number of hydrogen-bond donors (Lipinski definition) is 0. The van der Waals surface area contributed by atoms with Crippen LogP contribution >= 0.6 is 0 Å². The largest absolute Gasteiger partial charge is 0.494 e. The lowest BCUT2D eigenvalue weighted by molar-refractivity contribution is 0.00578. The van der Waals surface area contributed by atoms with E-state index in [0.29, 0.717) is 17.6 Å². The van der Waals surface area contributed by atoms with Gasteiger partial charge >= 0.3 is 7.12 Å². The van der Waals surface area contributed by atoms with Crippen molar-refractivity contribution in [2.75, 3.05) is 0 Å². The van der Waals surface area contributed by atoms with Crippen LogP contribution in [0.5, 0.6) is 0 Å². The molecule has 0 radical (unpaired) electrons. The fraction of sp³-hybridized carbons (Fsp3) is 0.182. The predicted octanol–water partition coefficient (Wildman–Crippen LogP) is 6.60. The van der Waals surface area contributed by atoms with Gasteiger partial charge in [0.25, 0.3) is 0 Å². The van der Waals surface area contributed by atoms with Crippen LogP contribution in [0.3, 0.4) is 0 Å². The van der Waals surface area contributed by atoms with Crippen molar-refractivity contribution in [3.8, 4) is 28.7 Å². The molecule has 6 aromatic rings. The molecule has 0 atom stereocenters. The van der Waals surface area contributed by atoms with Crippen LogP contribution < -0.4 is 5.46 Å². The maximum atomic E-state index is 6.33. The molecular weight excluding hydrogens is 495 g/mol. The zero-order valence-corrected chi connectivity index (χ0v) is 23.0. The number of benzene rings is 4. The quantitative estimate of drug-likeness (QED) is 0.243. The Morgan fingerprint density at radius 1 is 0.575 bits per heavy atom. The molecule has 40 heavy (non-hydrogen) atoms. The Bertz CT molecular complexity index is 1810. The van der Waals surface area contributed by atoms with Crippen molar-refractivity contribution in [2.24, 2.45) is 0 Å². The normalized spacial score (nSPS) is 16.1. The molecule has 1 aliphatic rings. The van der Waals surface area contributed by atoms with E-state index in [9.17, 15) is 0 Å². The van der Waals surface area contributed by atoms with E-state index in [-0.39, 0.29) is 0 Å². The number of aromatic nitrogens is 4. The third-order valence-electron chi connectivity index (χ3n) is 8.11. The zero-order valence-electron chi connectivity index (χ0n) is 23.0. The van der Waals surface area contributed by atoms with Crippen molar-refractivity contribution in [3.63, 3.8) is 0 Å². The van der Waals surface area contributed by atoms with Gasteiger partial charge in [0.05, 0.1) is 22.2 Å². The lowest BCUT2D eigenvalue weighted by Crippen LogP contribution is -2.41. The first-order chi connectivity index (χ1) is 19.3. The molecule has 1 saturated heterocycles. The van der Waals surface area contributed by atoms with E-state index in [1.165, 1.54) is 0 Å². The average molecular weight is 524 g/mol. The highest BCUT2D eigenvalue weighted by atomic mass is 16.7. The van der Waals surface area contributed by atoms with E-state index in [0.717, 1.165) is 38.4 Å². The lowest BCUT2D eigenvalue weighted by Gasteiger charge is -2.32. The standard InChI is InChI=1S/C33H29BN4O2/c1-32(2)33(3,4)40-34(39-32)24-16-12-15-23(21-24)30-35-29(22-13-6-5-7-14-22)36-31(37-30)38-27-19-10-8-17-25(27)26-18-9-11-20-28(26)38/h5-21H,1-4H3. The minimum absolute atomic E-state index is 0.426. The summed E-state index contributed by atoms with van der Waals surface area (Å²) in [5.74, 6) is 1.77. The maximum absolute atomic E-state index is 6.33. The van der Waals surface area contributed by atoms with Gasteiger partial charge in [0, 0.05) is 21.9 Å². The van der Waals surface area contributed by atoms with E-state index >= 15 is 0 Å². The van der Waals surface area contributed by atoms with E-state index in [1.54, 1.807) is 0 Å². The average Bonchev–Trinajstić information content (AvgIpc) is 3.42. The SMILES string of the molecule is CC1(C)OB(c2cccc(-c3nc(-c4ccccc4)nc(-n4c5ccccc5c5ccccc54)n3)c2)OC1(C)C. The number of para-hydroxylation sites is 2. The van der Waals surface area contributed by atoms with E-state index in [4.69, 9.17) is 24.3 Å². The summed E-state index contributed by atoms with van der Waals surface area (Å²) in [5, 5.41) is 2.31. The molecule has 0 saturated carbocycles. The van der Waals surface area contributed by atoms with E-state index in [1.807, 2.05) is 60.7 Å². The Kier molecular flexibility index (Phi) is 5.63. The summed E-state index contributed by atoms with van der Waals surface area (Å²) in [7, 11) is -0.475. The Labute approximate surface area is 233 Å². The molecule has 7 rings (SSSR count). The van der Waals surface area contributed by atoms with Gasteiger partial charge in [-0.05, 0) is 45.3 Å². The van der Waals surface area contributed by atoms with Crippen LogP contribution in [0.1, 0.15) is 27.7 Å². The van der Waals surface area contributed by atoms with Crippen LogP contribution in [-0.4, -0.2) is 37.8 Å². The Balaban J connectivity index is 1.42. The summed E-state index contributed by atoms with van der Waals surface area (Å²) < 4.78 is 14.8. The Morgan fingerprint density at radius 2 is 1.10 bits per heavy atom. The fourth-order valence-electron chi connectivity index (χ4n) is 5.25. The van der Waals surface area contributed by atoms with Crippen LogP contribution in [0, 0.1) is 0 Å². The van der Waals surface area contributed by atoms with Crippen molar-refractivity contribution < 1.29 is 9.31 Å². The lowest BCUT2D eigenvalue weighted by atomic mass is 9.78. The predicted molar refractivity (Wildman–Crippen MR) is 161 cm³/mol. The summed E-state index contributed by atoms with van der Waals surface area (Å²) in [6.07, 6.45) is 0. The molecule has 3 heterocycles. The molecule has 196 valence electrons. The molecule has 4 aromatic carbocycles. The number of hydrogen-bond acceptors (Lipinski definition) is 5. The Morgan fingerprint density at radius 3 is 1.73 bits per heavy atom. The molecule has 1 aliphatic heterocycles. The monoisotopic (exact) mass is 524 g/mol. The molecule has 2 aromatic heterocycles. The highest BCUT2D eigenvalue weighted by Gasteiger charge is 2.51. The van der Waals surface area contributed by atoms with Crippen LogP contribution in [0.2, 0.25) is 0 Å².